The van der Waals surface area contributed by atoms with Gasteiger partial charge in [-0.3, -0.25) is 9.59 Å². The number of halogens is 1. The molecule has 0 aliphatic heterocycles. The van der Waals surface area contributed by atoms with Crippen molar-refractivity contribution < 1.29 is 14.3 Å². The number of amides is 2. The largest absolute Gasteiger partial charge is 0.496 e. The average Bonchev–Trinajstić information content (AvgIpc) is 2.74. The maximum Gasteiger partial charge on any atom is 0.259 e. The smallest absolute Gasteiger partial charge is 0.259 e. The molecule has 2 amide bonds. The highest BCUT2D eigenvalue weighted by molar-refractivity contribution is 6.31. The normalized spacial score (nSPS) is 18.5. The van der Waals surface area contributed by atoms with Gasteiger partial charge in [0.15, 0.2) is 0 Å². The first-order chi connectivity index (χ1) is 14.4. The molecule has 2 aromatic carbocycles. The quantitative estimate of drug-likeness (QED) is 0.720. The molecule has 7 heteroatoms. The molecule has 1 fully saturated rings. The minimum Gasteiger partial charge on any atom is -0.496 e. The van der Waals surface area contributed by atoms with Gasteiger partial charge in [-0.15, -0.1) is 0 Å². The zero-order valence-corrected chi connectivity index (χ0v) is 18.1. The van der Waals surface area contributed by atoms with Crippen LogP contribution in [0.4, 0.5) is 5.69 Å². The third kappa shape index (κ3) is 5.12. The van der Waals surface area contributed by atoms with E-state index in [1.54, 1.807) is 48.2 Å². The molecular weight excluding hydrogens is 402 g/mol. The number of nitrogens with two attached hydrogens (primary N) is 1. The Morgan fingerprint density at radius 2 is 1.93 bits per heavy atom. The van der Waals surface area contributed by atoms with E-state index in [1.807, 2.05) is 6.07 Å². The molecule has 3 N–H and O–H groups in total. The van der Waals surface area contributed by atoms with Crippen molar-refractivity contribution in [3.8, 4) is 5.75 Å². The van der Waals surface area contributed by atoms with Gasteiger partial charge >= 0.3 is 0 Å². The van der Waals surface area contributed by atoms with Gasteiger partial charge in [-0.25, -0.2) is 0 Å². The number of carbonyl (C=O) groups is 2. The van der Waals surface area contributed by atoms with E-state index in [4.69, 9.17) is 22.1 Å². The van der Waals surface area contributed by atoms with Gasteiger partial charge in [-0.2, -0.15) is 0 Å². The summed E-state index contributed by atoms with van der Waals surface area (Å²) in [4.78, 5) is 26.9. The number of rotatable bonds is 6. The number of nitrogens with zero attached hydrogens (tertiary/aromatic N) is 1. The van der Waals surface area contributed by atoms with Crippen LogP contribution in [0.1, 0.15) is 48.5 Å². The van der Waals surface area contributed by atoms with E-state index in [-0.39, 0.29) is 23.9 Å². The summed E-state index contributed by atoms with van der Waals surface area (Å²) in [7, 11) is 1.53. The van der Waals surface area contributed by atoms with Crippen LogP contribution in [0, 0.1) is 0 Å². The number of hydrogen-bond acceptors (Lipinski definition) is 4. The van der Waals surface area contributed by atoms with Crippen LogP contribution in [0.25, 0.3) is 0 Å². The Hall–Kier alpha value is -2.57. The Morgan fingerprint density at radius 1 is 1.20 bits per heavy atom. The second-order valence-corrected chi connectivity index (χ2v) is 8.03. The number of benzene rings is 2. The van der Waals surface area contributed by atoms with Crippen molar-refractivity contribution in [1.82, 2.24) is 4.90 Å². The number of methoxy groups -OCH3 is 1. The SMILES string of the molecule is COc1ccccc1C(=O)Nc1ccc(Cl)c(CN(C(C)=O)C2CCCCC2N)c1. The van der Waals surface area contributed by atoms with Crippen LogP contribution >= 0.6 is 11.6 Å². The maximum atomic E-state index is 12.7. The summed E-state index contributed by atoms with van der Waals surface area (Å²) in [5.74, 6) is 0.188. The molecule has 2 atom stereocenters. The van der Waals surface area contributed by atoms with Crippen LogP contribution in [0.3, 0.4) is 0 Å². The molecule has 0 aromatic heterocycles. The Labute approximate surface area is 182 Å². The predicted molar refractivity (Wildman–Crippen MR) is 119 cm³/mol. The fourth-order valence-corrected chi connectivity index (χ4v) is 4.15. The second-order valence-electron chi connectivity index (χ2n) is 7.62. The number of anilines is 1. The van der Waals surface area contributed by atoms with Crippen molar-refractivity contribution in [3.05, 3.63) is 58.6 Å². The van der Waals surface area contributed by atoms with Gasteiger partial charge in [-0.05, 0) is 48.7 Å². The molecule has 2 aromatic rings. The molecule has 1 saturated carbocycles. The van der Waals surface area contributed by atoms with Crippen molar-refractivity contribution in [2.24, 2.45) is 5.73 Å². The van der Waals surface area contributed by atoms with Crippen molar-refractivity contribution >= 4 is 29.1 Å². The van der Waals surface area contributed by atoms with Crippen LogP contribution in [-0.4, -0.2) is 35.9 Å². The summed E-state index contributed by atoms with van der Waals surface area (Å²) in [5, 5.41) is 3.43. The molecule has 6 nitrogen and oxygen atoms in total. The number of hydrogen-bond donors (Lipinski definition) is 2. The summed E-state index contributed by atoms with van der Waals surface area (Å²) >= 11 is 6.42. The predicted octanol–water partition coefficient (Wildman–Crippen LogP) is 4.22. The molecule has 0 saturated heterocycles. The topological polar surface area (TPSA) is 84.7 Å². The van der Waals surface area contributed by atoms with Gasteiger partial charge in [0.1, 0.15) is 5.75 Å². The van der Waals surface area contributed by atoms with E-state index in [0.717, 1.165) is 31.2 Å². The zero-order chi connectivity index (χ0) is 21.7. The van der Waals surface area contributed by atoms with Crippen LogP contribution in [0.5, 0.6) is 5.75 Å². The molecule has 2 unspecified atom stereocenters. The lowest BCUT2D eigenvalue weighted by Crippen LogP contribution is -2.51. The molecule has 30 heavy (non-hydrogen) atoms. The molecule has 0 radical (unpaired) electrons. The first-order valence-electron chi connectivity index (χ1n) is 10.2. The third-order valence-electron chi connectivity index (χ3n) is 5.58. The molecule has 160 valence electrons. The highest BCUT2D eigenvalue weighted by Gasteiger charge is 2.29. The van der Waals surface area contributed by atoms with Gasteiger partial charge in [0.2, 0.25) is 5.91 Å². The fourth-order valence-electron chi connectivity index (χ4n) is 3.98. The Kier molecular flexibility index (Phi) is 7.34. The molecule has 0 spiro atoms. The van der Waals surface area contributed by atoms with Crippen LogP contribution in [-0.2, 0) is 11.3 Å². The minimum atomic E-state index is -0.279. The van der Waals surface area contributed by atoms with Crippen LogP contribution in [0.2, 0.25) is 5.02 Å². The summed E-state index contributed by atoms with van der Waals surface area (Å²) in [6, 6.07) is 12.3. The molecule has 0 heterocycles. The van der Waals surface area contributed by atoms with Gasteiger partial charge < -0.3 is 20.7 Å². The second kappa shape index (κ2) is 9.96. The summed E-state index contributed by atoms with van der Waals surface area (Å²) in [6.07, 6.45) is 3.96. The van der Waals surface area contributed by atoms with E-state index in [2.05, 4.69) is 5.32 Å². The highest BCUT2D eigenvalue weighted by Crippen LogP contribution is 2.28. The lowest BCUT2D eigenvalue weighted by Gasteiger charge is -2.38. The lowest BCUT2D eigenvalue weighted by atomic mass is 9.89. The number of nitrogens with one attached hydrogen (secondary N) is 1. The van der Waals surface area contributed by atoms with E-state index in [1.165, 1.54) is 7.11 Å². The van der Waals surface area contributed by atoms with E-state index in [9.17, 15) is 9.59 Å². The van der Waals surface area contributed by atoms with Gasteiger partial charge in [0.25, 0.3) is 5.91 Å². The van der Waals surface area contributed by atoms with E-state index >= 15 is 0 Å². The van der Waals surface area contributed by atoms with Crippen molar-refractivity contribution in [1.29, 1.82) is 0 Å². The Balaban J connectivity index is 1.80. The average molecular weight is 430 g/mol. The fraction of sp³-hybridized carbons (Fsp3) is 0.391. The zero-order valence-electron chi connectivity index (χ0n) is 17.4. The van der Waals surface area contributed by atoms with Gasteiger partial charge in [-0.1, -0.05) is 36.6 Å². The number of ether oxygens (including phenoxy) is 1. The minimum absolute atomic E-state index is 0.000793. The Morgan fingerprint density at radius 3 is 2.63 bits per heavy atom. The summed E-state index contributed by atoms with van der Waals surface area (Å²) in [5.41, 5.74) is 8.11. The standard InChI is InChI=1S/C23H28ClN3O3/c1-15(28)27(21-9-5-4-8-20(21)25)14-16-13-17(11-12-19(16)24)26-23(29)18-7-3-6-10-22(18)30-2/h3,6-7,10-13,20-21H,4-5,8-9,14,25H2,1-2H3,(H,26,29). The molecule has 0 bridgehead atoms. The van der Waals surface area contributed by atoms with Gasteiger partial charge in [0, 0.05) is 36.3 Å². The van der Waals surface area contributed by atoms with Crippen LogP contribution in [0.15, 0.2) is 42.5 Å². The van der Waals surface area contributed by atoms with E-state index in [0.29, 0.717) is 28.6 Å². The Bertz CT molecular complexity index is 918. The van der Waals surface area contributed by atoms with E-state index < -0.39 is 0 Å². The lowest BCUT2D eigenvalue weighted by molar-refractivity contribution is -0.133. The molecule has 1 aliphatic rings. The monoisotopic (exact) mass is 429 g/mol. The maximum absolute atomic E-state index is 12.7. The van der Waals surface area contributed by atoms with Crippen molar-refractivity contribution in [2.75, 3.05) is 12.4 Å². The molecule has 3 rings (SSSR count). The van der Waals surface area contributed by atoms with Crippen LogP contribution < -0.4 is 15.8 Å². The number of para-hydroxylation sites is 1. The molecule has 1 aliphatic carbocycles. The first-order valence-corrected chi connectivity index (χ1v) is 10.5. The van der Waals surface area contributed by atoms with Crippen molar-refractivity contribution in [3.63, 3.8) is 0 Å². The molecular formula is C23H28ClN3O3. The van der Waals surface area contributed by atoms with Gasteiger partial charge in [0.05, 0.1) is 12.7 Å². The summed E-state index contributed by atoms with van der Waals surface area (Å²) < 4.78 is 5.27. The number of carbonyl (C=O) groups excluding carboxylic acids is 2. The summed E-state index contributed by atoms with van der Waals surface area (Å²) in [6.45, 7) is 1.91. The highest BCUT2D eigenvalue weighted by atomic mass is 35.5. The first kappa shape index (κ1) is 22.1. The van der Waals surface area contributed by atoms with Crippen molar-refractivity contribution in [2.45, 2.75) is 51.2 Å². The third-order valence-corrected chi connectivity index (χ3v) is 5.95.